The fourth-order valence-corrected chi connectivity index (χ4v) is 1.65. The van der Waals surface area contributed by atoms with Crippen LogP contribution in [0.15, 0.2) is 36.1 Å². The number of benzene rings is 1. The third kappa shape index (κ3) is 2.37. The lowest BCUT2D eigenvalue weighted by atomic mass is 10.1. The molecular weight excluding hydrogens is 232 g/mol. The van der Waals surface area contributed by atoms with Crippen LogP contribution in [0.5, 0.6) is 5.75 Å². The largest absolute Gasteiger partial charge is 0.507 e. The Hall–Kier alpha value is -2.23. The first-order chi connectivity index (χ1) is 8.61. The molecule has 0 aromatic heterocycles. The van der Waals surface area contributed by atoms with Crippen molar-refractivity contribution >= 4 is 11.7 Å². The van der Waals surface area contributed by atoms with Crippen molar-refractivity contribution in [3.63, 3.8) is 0 Å². The van der Waals surface area contributed by atoms with Crippen LogP contribution in [0.1, 0.15) is 18.1 Å². The maximum absolute atomic E-state index is 11.6. The number of ether oxygens (including phenoxy) is 2. The predicted molar refractivity (Wildman–Crippen MR) is 67.1 cm³/mol. The molecule has 0 saturated carbocycles. The number of carbonyl (C=O) groups is 1. The lowest BCUT2D eigenvalue weighted by Gasteiger charge is -2.06. The van der Waals surface area contributed by atoms with E-state index in [2.05, 4.69) is 0 Å². The van der Waals surface area contributed by atoms with Crippen LogP contribution in [0.3, 0.4) is 0 Å². The highest BCUT2D eigenvalue weighted by atomic mass is 16.5. The predicted octanol–water partition coefficient (Wildman–Crippen LogP) is 2.73. The van der Waals surface area contributed by atoms with E-state index in [-0.39, 0.29) is 17.9 Å². The van der Waals surface area contributed by atoms with Crippen LogP contribution in [-0.4, -0.2) is 17.7 Å². The second kappa shape index (κ2) is 4.96. The number of carbonyl (C=O) groups excluding carboxylic acids is 1. The molecule has 0 spiro atoms. The molecule has 1 aliphatic heterocycles. The third-order valence-corrected chi connectivity index (χ3v) is 2.53. The SMILES string of the molecule is CCOC(=O)C1=COc2cc(C)ccc2C(O)=C1. The Balaban J connectivity index is 2.38. The van der Waals surface area contributed by atoms with Crippen LogP contribution in [0, 0.1) is 6.92 Å². The highest BCUT2D eigenvalue weighted by Crippen LogP contribution is 2.29. The van der Waals surface area contributed by atoms with Gasteiger partial charge in [0.15, 0.2) is 0 Å². The van der Waals surface area contributed by atoms with E-state index in [1.807, 2.05) is 13.0 Å². The highest BCUT2D eigenvalue weighted by molar-refractivity contribution is 5.94. The molecule has 0 saturated heterocycles. The fourth-order valence-electron chi connectivity index (χ4n) is 1.65. The lowest BCUT2D eigenvalue weighted by molar-refractivity contribution is -0.138. The Morgan fingerprint density at radius 2 is 2.22 bits per heavy atom. The van der Waals surface area contributed by atoms with Crippen molar-refractivity contribution in [1.29, 1.82) is 0 Å². The van der Waals surface area contributed by atoms with E-state index in [0.29, 0.717) is 11.3 Å². The average molecular weight is 246 g/mol. The Bertz CT molecular complexity index is 541. The molecule has 0 aliphatic carbocycles. The number of esters is 1. The zero-order chi connectivity index (χ0) is 13.1. The zero-order valence-corrected chi connectivity index (χ0v) is 10.3. The van der Waals surface area contributed by atoms with Crippen molar-refractivity contribution in [3.8, 4) is 5.75 Å². The number of fused-ring (bicyclic) bond motifs is 1. The number of aryl methyl sites for hydroxylation is 1. The molecule has 18 heavy (non-hydrogen) atoms. The molecule has 2 rings (SSSR count). The summed E-state index contributed by atoms with van der Waals surface area (Å²) >= 11 is 0. The molecule has 0 atom stereocenters. The summed E-state index contributed by atoms with van der Waals surface area (Å²) in [4.78, 5) is 11.6. The van der Waals surface area contributed by atoms with E-state index in [0.717, 1.165) is 5.56 Å². The number of aliphatic hydroxyl groups is 1. The van der Waals surface area contributed by atoms with Crippen LogP contribution >= 0.6 is 0 Å². The molecule has 1 heterocycles. The van der Waals surface area contributed by atoms with Crippen LogP contribution in [0.2, 0.25) is 0 Å². The summed E-state index contributed by atoms with van der Waals surface area (Å²) in [5.41, 5.74) is 1.74. The van der Waals surface area contributed by atoms with E-state index in [1.165, 1.54) is 12.3 Å². The first-order valence-electron chi connectivity index (χ1n) is 5.67. The Kier molecular flexibility index (Phi) is 3.37. The Morgan fingerprint density at radius 1 is 1.44 bits per heavy atom. The van der Waals surface area contributed by atoms with Gasteiger partial charge in [0.1, 0.15) is 17.8 Å². The zero-order valence-electron chi connectivity index (χ0n) is 10.3. The number of aliphatic hydroxyl groups excluding tert-OH is 1. The number of hydrogen-bond acceptors (Lipinski definition) is 4. The molecule has 0 amide bonds. The van der Waals surface area contributed by atoms with Gasteiger partial charge in [0.05, 0.1) is 17.7 Å². The highest BCUT2D eigenvalue weighted by Gasteiger charge is 2.17. The van der Waals surface area contributed by atoms with Crippen molar-refractivity contribution in [2.45, 2.75) is 13.8 Å². The van der Waals surface area contributed by atoms with E-state index in [1.54, 1.807) is 19.1 Å². The molecule has 0 bridgehead atoms. The molecule has 4 heteroatoms. The Morgan fingerprint density at radius 3 is 2.94 bits per heavy atom. The molecular formula is C14H14O4. The van der Waals surface area contributed by atoms with Gasteiger partial charge in [-0.3, -0.25) is 0 Å². The summed E-state index contributed by atoms with van der Waals surface area (Å²) in [6.07, 6.45) is 2.64. The van der Waals surface area contributed by atoms with Crippen molar-refractivity contribution in [1.82, 2.24) is 0 Å². The second-order valence-corrected chi connectivity index (χ2v) is 3.94. The van der Waals surface area contributed by atoms with Gasteiger partial charge in [-0.05, 0) is 37.6 Å². The number of rotatable bonds is 2. The summed E-state index contributed by atoms with van der Waals surface area (Å²) in [5, 5.41) is 9.95. The normalized spacial score (nSPS) is 13.7. The van der Waals surface area contributed by atoms with E-state index in [9.17, 15) is 9.90 Å². The van der Waals surface area contributed by atoms with Crippen LogP contribution in [0.25, 0.3) is 5.76 Å². The average Bonchev–Trinajstić information content (AvgIpc) is 2.49. The summed E-state index contributed by atoms with van der Waals surface area (Å²) < 4.78 is 10.3. The van der Waals surface area contributed by atoms with Crippen molar-refractivity contribution < 1.29 is 19.4 Å². The first kappa shape index (κ1) is 12.2. The monoisotopic (exact) mass is 246 g/mol. The third-order valence-electron chi connectivity index (χ3n) is 2.53. The molecule has 94 valence electrons. The summed E-state index contributed by atoms with van der Waals surface area (Å²) in [6, 6.07) is 5.41. The van der Waals surface area contributed by atoms with Crippen LogP contribution in [0.4, 0.5) is 0 Å². The molecule has 0 radical (unpaired) electrons. The second-order valence-electron chi connectivity index (χ2n) is 3.94. The van der Waals surface area contributed by atoms with Gasteiger partial charge in [-0.2, -0.15) is 0 Å². The van der Waals surface area contributed by atoms with Crippen molar-refractivity contribution in [2.75, 3.05) is 6.61 Å². The summed E-state index contributed by atoms with van der Waals surface area (Å²) in [6.45, 7) is 3.92. The molecule has 1 N–H and O–H groups in total. The summed E-state index contributed by atoms with van der Waals surface area (Å²) in [7, 11) is 0. The van der Waals surface area contributed by atoms with Gasteiger partial charge in [-0.15, -0.1) is 0 Å². The van der Waals surface area contributed by atoms with E-state index in [4.69, 9.17) is 9.47 Å². The van der Waals surface area contributed by atoms with Gasteiger partial charge in [-0.1, -0.05) is 6.07 Å². The molecule has 1 aromatic carbocycles. The maximum atomic E-state index is 11.6. The minimum absolute atomic E-state index is 0.0122. The molecule has 1 aromatic rings. The minimum atomic E-state index is -0.520. The summed E-state index contributed by atoms with van der Waals surface area (Å²) in [5.74, 6) is -0.0153. The molecule has 1 aliphatic rings. The van der Waals surface area contributed by atoms with Gasteiger partial charge >= 0.3 is 5.97 Å². The lowest BCUT2D eigenvalue weighted by Crippen LogP contribution is -2.06. The van der Waals surface area contributed by atoms with Crippen molar-refractivity contribution in [2.24, 2.45) is 0 Å². The minimum Gasteiger partial charge on any atom is -0.507 e. The topological polar surface area (TPSA) is 55.8 Å². The van der Waals surface area contributed by atoms with E-state index >= 15 is 0 Å². The van der Waals surface area contributed by atoms with E-state index < -0.39 is 5.97 Å². The van der Waals surface area contributed by atoms with Crippen LogP contribution < -0.4 is 4.74 Å². The first-order valence-corrected chi connectivity index (χ1v) is 5.67. The van der Waals surface area contributed by atoms with Gasteiger partial charge < -0.3 is 14.6 Å². The fraction of sp³-hybridized carbons (Fsp3) is 0.214. The standard InChI is InChI=1S/C14H14O4/c1-3-17-14(16)10-7-12(15)11-5-4-9(2)6-13(11)18-8-10/h4-8,15H,3H2,1-2H3. The molecule has 0 fully saturated rings. The quantitative estimate of drug-likeness (QED) is 0.815. The van der Waals surface area contributed by atoms with Gasteiger partial charge in [0.25, 0.3) is 0 Å². The van der Waals surface area contributed by atoms with Gasteiger partial charge in [-0.25, -0.2) is 4.79 Å². The molecule has 0 unspecified atom stereocenters. The van der Waals surface area contributed by atoms with Crippen LogP contribution in [-0.2, 0) is 9.53 Å². The Labute approximate surface area is 105 Å². The van der Waals surface area contributed by atoms with Crippen molar-refractivity contribution in [3.05, 3.63) is 47.2 Å². The van der Waals surface area contributed by atoms with Gasteiger partial charge in [0.2, 0.25) is 0 Å². The smallest absolute Gasteiger partial charge is 0.341 e. The van der Waals surface area contributed by atoms with Gasteiger partial charge in [0, 0.05) is 0 Å². The number of hydrogen-bond donors (Lipinski definition) is 1. The maximum Gasteiger partial charge on any atom is 0.341 e. The molecule has 4 nitrogen and oxygen atoms in total.